The molecular weight excluding hydrogens is 252 g/mol. The third-order valence-electron chi connectivity index (χ3n) is 3.06. The second-order valence-electron chi connectivity index (χ2n) is 4.73. The minimum Gasteiger partial charge on any atom is -0.368 e. The number of aryl methyl sites for hydroxylation is 1. The Morgan fingerprint density at radius 1 is 1.30 bits per heavy atom. The van der Waals surface area contributed by atoms with Gasteiger partial charge < -0.3 is 11.1 Å². The van der Waals surface area contributed by atoms with E-state index in [1.807, 2.05) is 30.3 Å². The van der Waals surface area contributed by atoms with Crippen LogP contribution in [0.3, 0.4) is 0 Å². The normalized spacial score (nSPS) is 11.6. The highest BCUT2D eigenvalue weighted by Crippen LogP contribution is 2.04. The quantitative estimate of drug-likeness (QED) is 0.533. The van der Waals surface area contributed by atoms with Crippen LogP contribution in [0.4, 0.5) is 0 Å². The first kappa shape index (κ1) is 16.0. The molecule has 0 unspecified atom stereocenters. The smallest absolute Gasteiger partial charge is 0.239 e. The number of primary amides is 1. The van der Waals surface area contributed by atoms with Crippen LogP contribution in [0.2, 0.25) is 0 Å². The standard InChI is InChI=1S/C16H22N2O2/c1-2-3-5-10-14(16(17)20)18-15(19)12-11-13-8-6-4-7-9-13/h2,4,6-9,14H,1,3,5,10-12H2,(H2,17,20)(H,18,19)/t14-/m1/s1. The van der Waals surface area contributed by atoms with Gasteiger partial charge in [0.1, 0.15) is 6.04 Å². The van der Waals surface area contributed by atoms with Gasteiger partial charge in [0.15, 0.2) is 0 Å². The maximum Gasteiger partial charge on any atom is 0.239 e. The number of nitrogens with two attached hydrogens (primary N) is 1. The number of allylic oxidation sites excluding steroid dienone is 1. The van der Waals surface area contributed by atoms with Crippen LogP contribution < -0.4 is 11.1 Å². The molecule has 0 aliphatic rings. The van der Waals surface area contributed by atoms with E-state index in [4.69, 9.17) is 5.73 Å². The summed E-state index contributed by atoms with van der Waals surface area (Å²) < 4.78 is 0. The second kappa shape index (κ2) is 8.91. The van der Waals surface area contributed by atoms with Gasteiger partial charge in [-0.05, 0) is 31.2 Å². The summed E-state index contributed by atoms with van der Waals surface area (Å²) in [5, 5.41) is 2.70. The molecule has 0 radical (unpaired) electrons. The number of unbranched alkanes of at least 4 members (excludes halogenated alkanes) is 1. The Balaban J connectivity index is 2.37. The Morgan fingerprint density at radius 2 is 2.00 bits per heavy atom. The molecule has 1 rings (SSSR count). The SMILES string of the molecule is C=CCCC[C@@H](NC(=O)CCc1ccccc1)C(N)=O. The molecule has 0 aliphatic heterocycles. The third-order valence-corrected chi connectivity index (χ3v) is 3.06. The molecule has 0 aromatic heterocycles. The Bertz CT molecular complexity index is 443. The number of amides is 2. The first-order valence-corrected chi connectivity index (χ1v) is 6.87. The minimum absolute atomic E-state index is 0.142. The highest BCUT2D eigenvalue weighted by molar-refractivity contribution is 5.86. The van der Waals surface area contributed by atoms with E-state index in [1.165, 1.54) is 0 Å². The minimum atomic E-state index is -0.585. The summed E-state index contributed by atoms with van der Waals surface area (Å²) in [4.78, 5) is 23.1. The van der Waals surface area contributed by atoms with Gasteiger partial charge in [-0.3, -0.25) is 9.59 Å². The number of carbonyl (C=O) groups excluding carboxylic acids is 2. The van der Waals surface area contributed by atoms with Crippen molar-refractivity contribution in [3.63, 3.8) is 0 Å². The lowest BCUT2D eigenvalue weighted by Crippen LogP contribution is -2.44. The Labute approximate surface area is 120 Å². The van der Waals surface area contributed by atoms with Gasteiger partial charge in [0, 0.05) is 6.42 Å². The molecule has 0 saturated heterocycles. The molecule has 1 atom stereocenters. The fraction of sp³-hybridized carbons (Fsp3) is 0.375. The number of hydrogen-bond donors (Lipinski definition) is 2. The largest absolute Gasteiger partial charge is 0.368 e. The second-order valence-corrected chi connectivity index (χ2v) is 4.73. The van der Waals surface area contributed by atoms with E-state index >= 15 is 0 Å². The number of rotatable bonds is 9. The number of hydrogen-bond acceptors (Lipinski definition) is 2. The molecule has 0 saturated carbocycles. The fourth-order valence-corrected chi connectivity index (χ4v) is 1.92. The van der Waals surface area contributed by atoms with Crippen LogP contribution in [0, 0.1) is 0 Å². The fourth-order valence-electron chi connectivity index (χ4n) is 1.92. The summed E-state index contributed by atoms with van der Waals surface area (Å²) in [5.74, 6) is -0.627. The lowest BCUT2D eigenvalue weighted by molar-refractivity contribution is -0.127. The van der Waals surface area contributed by atoms with Crippen molar-refractivity contribution in [2.45, 2.75) is 38.1 Å². The Hall–Kier alpha value is -2.10. The average Bonchev–Trinajstić information content (AvgIpc) is 2.45. The van der Waals surface area contributed by atoms with Gasteiger partial charge in [-0.1, -0.05) is 36.4 Å². The number of carbonyl (C=O) groups is 2. The summed E-state index contributed by atoms with van der Waals surface area (Å²) >= 11 is 0. The van der Waals surface area contributed by atoms with Crippen LogP contribution in [0.25, 0.3) is 0 Å². The summed E-state index contributed by atoms with van der Waals surface area (Å²) in [5.41, 5.74) is 6.40. The van der Waals surface area contributed by atoms with Crippen molar-refractivity contribution >= 4 is 11.8 Å². The molecule has 4 heteroatoms. The van der Waals surface area contributed by atoms with E-state index in [2.05, 4.69) is 11.9 Å². The van der Waals surface area contributed by atoms with E-state index in [-0.39, 0.29) is 5.91 Å². The van der Waals surface area contributed by atoms with Crippen molar-refractivity contribution in [3.8, 4) is 0 Å². The van der Waals surface area contributed by atoms with Crippen LogP contribution in [-0.4, -0.2) is 17.9 Å². The van der Waals surface area contributed by atoms with Crippen molar-refractivity contribution in [2.75, 3.05) is 0 Å². The van der Waals surface area contributed by atoms with Gasteiger partial charge >= 0.3 is 0 Å². The van der Waals surface area contributed by atoms with Crippen LogP contribution in [-0.2, 0) is 16.0 Å². The van der Waals surface area contributed by atoms with Crippen LogP contribution >= 0.6 is 0 Å². The van der Waals surface area contributed by atoms with Gasteiger partial charge in [0.25, 0.3) is 0 Å². The van der Waals surface area contributed by atoms with E-state index < -0.39 is 11.9 Å². The van der Waals surface area contributed by atoms with Gasteiger partial charge in [-0.15, -0.1) is 6.58 Å². The zero-order chi connectivity index (χ0) is 14.8. The molecular formula is C16H22N2O2. The maximum absolute atomic E-state index is 11.8. The van der Waals surface area contributed by atoms with E-state index in [0.29, 0.717) is 19.3 Å². The van der Waals surface area contributed by atoms with Gasteiger partial charge in [0.05, 0.1) is 0 Å². The zero-order valence-electron chi connectivity index (χ0n) is 11.7. The summed E-state index contributed by atoms with van der Waals surface area (Å²) in [6.45, 7) is 3.62. The average molecular weight is 274 g/mol. The van der Waals surface area contributed by atoms with Crippen molar-refractivity contribution < 1.29 is 9.59 Å². The lowest BCUT2D eigenvalue weighted by Gasteiger charge is -2.15. The number of nitrogens with one attached hydrogen (secondary N) is 1. The van der Waals surface area contributed by atoms with Crippen LogP contribution in [0.15, 0.2) is 43.0 Å². The first-order valence-electron chi connectivity index (χ1n) is 6.87. The molecule has 0 heterocycles. The molecule has 20 heavy (non-hydrogen) atoms. The molecule has 0 spiro atoms. The van der Waals surface area contributed by atoms with Crippen LogP contribution in [0.5, 0.6) is 0 Å². The molecule has 1 aromatic rings. The number of benzene rings is 1. The molecule has 3 N–H and O–H groups in total. The molecule has 0 aliphatic carbocycles. The maximum atomic E-state index is 11.8. The predicted octanol–water partition coefficient (Wildman–Crippen LogP) is 1.95. The van der Waals surface area contributed by atoms with Gasteiger partial charge in [-0.25, -0.2) is 0 Å². The molecule has 0 fully saturated rings. The molecule has 1 aromatic carbocycles. The third kappa shape index (κ3) is 6.18. The highest BCUT2D eigenvalue weighted by atomic mass is 16.2. The monoisotopic (exact) mass is 274 g/mol. The highest BCUT2D eigenvalue weighted by Gasteiger charge is 2.17. The lowest BCUT2D eigenvalue weighted by atomic mass is 10.1. The van der Waals surface area contributed by atoms with Crippen molar-refractivity contribution in [2.24, 2.45) is 5.73 Å². The first-order chi connectivity index (χ1) is 9.63. The summed E-state index contributed by atoms with van der Waals surface area (Å²) in [7, 11) is 0. The van der Waals surface area contributed by atoms with Gasteiger partial charge in [0.2, 0.25) is 11.8 Å². The van der Waals surface area contributed by atoms with Crippen molar-refractivity contribution in [1.29, 1.82) is 0 Å². The predicted molar refractivity (Wildman–Crippen MR) is 79.9 cm³/mol. The Morgan fingerprint density at radius 3 is 2.60 bits per heavy atom. The van der Waals surface area contributed by atoms with E-state index in [1.54, 1.807) is 6.08 Å². The van der Waals surface area contributed by atoms with Crippen LogP contribution in [0.1, 0.15) is 31.2 Å². The molecule has 0 bridgehead atoms. The van der Waals surface area contributed by atoms with E-state index in [9.17, 15) is 9.59 Å². The van der Waals surface area contributed by atoms with E-state index in [0.717, 1.165) is 18.4 Å². The Kier molecular flexibility index (Phi) is 7.11. The van der Waals surface area contributed by atoms with Crippen molar-refractivity contribution in [3.05, 3.63) is 48.6 Å². The molecule has 2 amide bonds. The molecule has 4 nitrogen and oxygen atoms in total. The molecule has 108 valence electrons. The van der Waals surface area contributed by atoms with Gasteiger partial charge in [-0.2, -0.15) is 0 Å². The summed E-state index contributed by atoms with van der Waals surface area (Å²) in [6.07, 6.45) is 4.95. The zero-order valence-corrected chi connectivity index (χ0v) is 11.7. The topological polar surface area (TPSA) is 72.2 Å². The van der Waals surface area contributed by atoms with Crippen molar-refractivity contribution in [1.82, 2.24) is 5.32 Å². The summed E-state index contributed by atoms with van der Waals surface area (Å²) in [6, 6.07) is 9.18.